The first-order valence-corrected chi connectivity index (χ1v) is 7.90. The zero-order chi connectivity index (χ0) is 16.7. The fraction of sp³-hybridized carbons (Fsp3) is 0.562. The number of likely N-dealkylation sites (tertiary alicyclic amines) is 1. The van der Waals surface area contributed by atoms with Gasteiger partial charge in [-0.2, -0.15) is 0 Å². The molecule has 2 rings (SSSR count). The van der Waals surface area contributed by atoms with Crippen LogP contribution in [-0.4, -0.2) is 46.6 Å². The summed E-state index contributed by atoms with van der Waals surface area (Å²) in [5.41, 5.74) is 0.0635. The number of carboxylic acid groups (broad SMARTS) is 1. The standard InChI is InChI=1S/C16H22N2O5.ClH/c19-16(20)3-1-2-10-17-11-8-15(9-12-17)23-14-6-4-13(5-7-14)18(21)22;/h4-7,15H,1-3,8-12H2,(H,19,20);1H. The van der Waals surface area contributed by atoms with Crippen molar-refractivity contribution in [3.05, 3.63) is 34.4 Å². The molecule has 0 aliphatic carbocycles. The molecule has 1 N–H and O–H groups in total. The summed E-state index contributed by atoms with van der Waals surface area (Å²) in [6, 6.07) is 6.17. The molecule has 134 valence electrons. The van der Waals surface area contributed by atoms with Gasteiger partial charge in [-0.15, -0.1) is 12.4 Å². The van der Waals surface area contributed by atoms with E-state index in [9.17, 15) is 14.9 Å². The molecule has 24 heavy (non-hydrogen) atoms. The number of hydrogen-bond acceptors (Lipinski definition) is 5. The molecule has 7 nitrogen and oxygen atoms in total. The topological polar surface area (TPSA) is 92.9 Å². The van der Waals surface area contributed by atoms with Gasteiger partial charge in [-0.25, -0.2) is 0 Å². The number of non-ortho nitro benzene ring substituents is 1. The van der Waals surface area contributed by atoms with E-state index in [-0.39, 0.29) is 30.6 Å². The molecule has 0 amide bonds. The molecule has 0 atom stereocenters. The number of nitro benzene ring substituents is 1. The molecule has 0 radical (unpaired) electrons. The fourth-order valence-corrected chi connectivity index (χ4v) is 2.70. The molecule has 1 aliphatic rings. The Kier molecular flexibility index (Phi) is 8.49. The van der Waals surface area contributed by atoms with Crippen molar-refractivity contribution in [2.24, 2.45) is 0 Å². The molecule has 0 saturated carbocycles. The van der Waals surface area contributed by atoms with E-state index in [1.807, 2.05) is 0 Å². The van der Waals surface area contributed by atoms with Crippen LogP contribution in [0.1, 0.15) is 32.1 Å². The van der Waals surface area contributed by atoms with Gasteiger partial charge >= 0.3 is 5.97 Å². The van der Waals surface area contributed by atoms with E-state index < -0.39 is 10.9 Å². The highest BCUT2D eigenvalue weighted by Gasteiger charge is 2.20. The van der Waals surface area contributed by atoms with Crippen molar-refractivity contribution in [3.8, 4) is 5.75 Å². The minimum absolute atomic E-state index is 0. The number of benzene rings is 1. The summed E-state index contributed by atoms with van der Waals surface area (Å²) in [6.07, 6.45) is 3.81. The van der Waals surface area contributed by atoms with Crippen molar-refractivity contribution >= 4 is 24.1 Å². The van der Waals surface area contributed by atoms with Gasteiger partial charge in [0.1, 0.15) is 11.9 Å². The Balaban J connectivity index is 0.00000288. The van der Waals surface area contributed by atoms with E-state index in [0.717, 1.165) is 38.9 Å². The number of carbonyl (C=O) groups is 1. The first-order chi connectivity index (χ1) is 11.0. The minimum Gasteiger partial charge on any atom is -0.490 e. The first kappa shape index (κ1) is 20.2. The number of rotatable bonds is 8. The van der Waals surface area contributed by atoms with E-state index >= 15 is 0 Å². The molecule has 0 aromatic heterocycles. The Bertz CT molecular complexity index is 530. The monoisotopic (exact) mass is 358 g/mol. The van der Waals surface area contributed by atoms with Crippen molar-refractivity contribution in [1.82, 2.24) is 4.90 Å². The molecule has 1 heterocycles. The Labute approximate surface area is 147 Å². The molecular formula is C16H23ClN2O5. The van der Waals surface area contributed by atoms with Gasteiger partial charge in [0, 0.05) is 31.6 Å². The molecule has 0 bridgehead atoms. The second-order valence-corrected chi connectivity index (χ2v) is 5.76. The Morgan fingerprint density at radius 3 is 2.42 bits per heavy atom. The van der Waals surface area contributed by atoms with Crippen LogP contribution in [0.2, 0.25) is 0 Å². The second-order valence-electron chi connectivity index (χ2n) is 5.76. The number of carboxylic acids is 1. The summed E-state index contributed by atoms with van der Waals surface area (Å²) >= 11 is 0. The lowest BCUT2D eigenvalue weighted by Crippen LogP contribution is -2.38. The van der Waals surface area contributed by atoms with Crippen LogP contribution in [0, 0.1) is 10.1 Å². The highest BCUT2D eigenvalue weighted by atomic mass is 35.5. The first-order valence-electron chi connectivity index (χ1n) is 7.90. The predicted octanol–water partition coefficient (Wildman–Crippen LogP) is 3.11. The van der Waals surface area contributed by atoms with Crippen LogP contribution < -0.4 is 4.74 Å². The van der Waals surface area contributed by atoms with Crippen LogP contribution in [0.15, 0.2) is 24.3 Å². The number of hydrogen-bond donors (Lipinski definition) is 1. The molecule has 8 heteroatoms. The number of aliphatic carboxylic acids is 1. The van der Waals surface area contributed by atoms with Crippen LogP contribution in [0.3, 0.4) is 0 Å². The number of nitro groups is 1. The lowest BCUT2D eigenvalue weighted by Gasteiger charge is -2.32. The Morgan fingerprint density at radius 2 is 1.88 bits per heavy atom. The third-order valence-corrected chi connectivity index (χ3v) is 4.00. The minimum atomic E-state index is -0.736. The largest absolute Gasteiger partial charge is 0.490 e. The highest BCUT2D eigenvalue weighted by Crippen LogP contribution is 2.22. The van der Waals surface area contributed by atoms with E-state index in [4.69, 9.17) is 9.84 Å². The van der Waals surface area contributed by atoms with E-state index in [0.29, 0.717) is 12.2 Å². The summed E-state index contributed by atoms with van der Waals surface area (Å²) in [7, 11) is 0. The number of halogens is 1. The molecule has 1 fully saturated rings. The smallest absolute Gasteiger partial charge is 0.303 e. The van der Waals surface area contributed by atoms with Crippen molar-refractivity contribution in [2.75, 3.05) is 19.6 Å². The Hall–Kier alpha value is -1.86. The average molecular weight is 359 g/mol. The third-order valence-electron chi connectivity index (χ3n) is 4.00. The SMILES string of the molecule is Cl.O=C(O)CCCCN1CCC(Oc2ccc([N+](=O)[O-])cc2)CC1. The number of piperidine rings is 1. The van der Waals surface area contributed by atoms with Gasteiger partial charge in [-0.05, 0) is 44.4 Å². The maximum absolute atomic E-state index is 10.6. The molecule has 0 unspecified atom stereocenters. The number of unbranched alkanes of at least 4 members (excludes halogenated alkanes) is 1. The normalized spacial score (nSPS) is 15.5. The van der Waals surface area contributed by atoms with Crippen LogP contribution >= 0.6 is 12.4 Å². The van der Waals surface area contributed by atoms with Gasteiger partial charge in [0.05, 0.1) is 4.92 Å². The predicted molar refractivity (Wildman–Crippen MR) is 91.9 cm³/mol. The van der Waals surface area contributed by atoms with Crippen molar-refractivity contribution < 1.29 is 19.6 Å². The van der Waals surface area contributed by atoms with Crippen molar-refractivity contribution in [2.45, 2.75) is 38.2 Å². The van der Waals surface area contributed by atoms with E-state index in [1.165, 1.54) is 12.1 Å². The van der Waals surface area contributed by atoms with Crippen LogP contribution in [0.5, 0.6) is 5.75 Å². The van der Waals surface area contributed by atoms with Gasteiger partial charge in [0.15, 0.2) is 0 Å². The maximum atomic E-state index is 10.6. The van der Waals surface area contributed by atoms with Crippen molar-refractivity contribution in [1.29, 1.82) is 0 Å². The molecule has 1 aromatic rings. The Morgan fingerprint density at radius 1 is 1.25 bits per heavy atom. The van der Waals surface area contributed by atoms with E-state index in [2.05, 4.69) is 4.90 Å². The highest BCUT2D eigenvalue weighted by molar-refractivity contribution is 5.85. The van der Waals surface area contributed by atoms with Gasteiger partial charge in [0.25, 0.3) is 5.69 Å². The summed E-state index contributed by atoms with van der Waals surface area (Å²) in [6.45, 7) is 2.80. The summed E-state index contributed by atoms with van der Waals surface area (Å²) in [5.74, 6) is -0.0734. The van der Waals surface area contributed by atoms with Gasteiger partial charge in [-0.1, -0.05) is 0 Å². The van der Waals surface area contributed by atoms with Gasteiger partial charge in [0.2, 0.25) is 0 Å². The number of ether oxygens (including phenoxy) is 1. The quantitative estimate of drug-likeness (QED) is 0.436. The van der Waals surface area contributed by atoms with E-state index in [1.54, 1.807) is 12.1 Å². The van der Waals surface area contributed by atoms with Crippen LogP contribution in [-0.2, 0) is 4.79 Å². The lowest BCUT2D eigenvalue weighted by atomic mass is 10.1. The summed E-state index contributed by atoms with van der Waals surface area (Å²) < 4.78 is 5.87. The van der Waals surface area contributed by atoms with Crippen LogP contribution in [0.25, 0.3) is 0 Å². The second kappa shape index (κ2) is 10.1. The molecule has 1 saturated heterocycles. The average Bonchev–Trinajstić information content (AvgIpc) is 2.53. The molecule has 0 spiro atoms. The number of nitrogens with zero attached hydrogens (tertiary/aromatic N) is 2. The summed E-state index contributed by atoms with van der Waals surface area (Å²) in [5, 5.41) is 19.2. The zero-order valence-electron chi connectivity index (χ0n) is 13.4. The van der Waals surface area contributed by atoms with Gasteiger partial charge < -0.3 is 14.7 Å². The van der Waals surface area contributed by atoms with Gasteiger partial charge in [-0.3, -0.25) is 14.9 Å². The fourth-order valence-electron chi connectivity index (χ4n) is 2.70. The zero-order valence-corrected chi connectivity index (χ0v) is 14.2. The van der Waals surface area contributed by atoms with Crippen LogP contribution in [0.4, 0.5) is 5.69 Å². The summed E-state index contributed by atoms with van der Waals surface area (Å²) in [4.78, 5) is 23.0. The third kappa shape index (κ3) is 6.72. The molecule has 1 aliphatic heterocycles. The van der Waals surface area contributed by atoms with Crippen molar-refractivity contribution in [3.63, 3.8) is 0 Å². The molecule has 1 aromatic carbocycles. The maximum Gasteiger partial charge on any atom is 0.303 e. The lowest BCUT2D eigenvalue weighted by molar-refractivity contribution is -0.384. The molecular weight excluding hydrogens is 336 g/mol.